The quantitative estimate of drug-likeness (QED) is 0.493. The van der Waals surface area contributed by atoms with Gasteiger partial charge in [-0.3, -0.25) is 9.59 Å². The highest BCUT2D eigenvalue weighted by molar-refractivity contribution is 7.11. The number of hydrogen-bond donors (Lipinski definition) is 1. The second kappa shape index (κ2) is 8.75. The Labute approximate surface area is 197 Å². The van der Waals surface area contributed by atoms with Crippen molar-refractivity contribution in [2.24, 2.45) is 0 Å². The second-order valence-corrected chi connectivity index (χ2v) is 9.61. The fraction of sp³-hybridized carbons (Fsp3) is 0.231. The van der Waals surface area contributed by atoms with Gasteiger partial charge in [0, 0.05) is 16.6 Å². The van der Waals surface area contributed by atoms with E-state index in [0.29, 0.717) is 27.6 Å². The fourth-order valence-corrected chi connectivity index (χ4v) is 4.45. The largest absolute Gasteiger partial charge is 0.497 e. The molecule has 0 saturated carbocycles. The van der Waals surface area contributed by atoms with E-state index in [1.165, 1.54) is 31.1 Å². The third kappa shape index (κ3) is 4.24. The summed E-state index contributed by atoms with van der Waals surface area (Å²) in [6.07, 6.45) is 0. The minimum Gasteiger partial charge on any atom is -0.497 e. The number of rotatable bonds is 6. The van der Waals surface area contributed by atoms with Crippen LogP contribution in [0.15, 0.2) is 65.7 Å². The molecule has 0 spiro atoms. The van der Waals surface area contributed by atoms with Crippen LogP contribution in [0.1, 0.15) is 31.2 Å². The summed E-state index contributed by atoms with van der Waals surface area (Å²) < 4.78 is 10.8. The van der Waals surface area contributed by atoms with E-state index in [0.717, 1.165) is 10.6 Å². The molecule has 1 aliphatic rings. The number of nitrogens with one attached hydrogen (secondary N) is 1. The number of thiophene rings is 1. The Morgan fingerprint density at radius 3 is 2.21 bits per heavy atom. The molecule has 1 N–H and O–H groups in total. The number of amides is 2. The SMILES string of the molecule is COc1ccc(OC)c(N2C(=O)C(Nc3ccc(C(C)(C)C)cc3)=C(c3cccs3)C2=O)c1. The second-order valence-electron chi connectivity index (χ2n) is 8.66. The van der Waals surface area contributed by atoms with Gasteiger partial charge in [0.1, 0.15) is 17.2 Å². The van der Waals surface area contributed by atoms with E-state index in [-0.39, 0.29) is 11.1 Å². The molecular weight excluding hydrogens is 436 g/mol. The standard InChI is InChI=1S/C26H26N2O4S/c1-26(2,3)16-8-10-17(11-9-16)27-23-22(21-7-6-14-33-21)24(29)28(25(23)30)19-15-18(31-4)12-13-20(19)32-5/h6-15,27H,1-5H3. The Bertz CT molecular complexity index is 1220. The topological polar surface area (TPSA) is 67.9 Å². The Hall–Kier alpha value is -3.58. The zero-order valence-corrected chi connectivity index (χ0v) is 20.1. The first kappa shape index (κ1) is 22.6. The molecule has 6 nitrogen and oxygen atoms in total. The van der Waals surface area contributed by atoms with E-state index in [2.05, 4.69) is 26.1 Å². The Kier molecular flexibility index (Phi) is 5.99. The van der Waals surface area contributed by atoms with Crippen LogP contribution < -0.4 is 19.7 Å². The van der Waals surface area contributed by atoms with Crippen LogP contribution in [0.3, 0.4) is 0 Å². The predicted octanol–water partition coefficient (Wildman–Crippen LogP) is 5.46. The Morgan fingerprint density at radius 1 is 0.909 bits per heavy atom. The van der Waals surface area contributed by atoms with Gasteiger partial charge in [-0.05, 0) is 46.7 Å². The first-order valence-corrected chi connectivity index (χ1v) is 11.4. The molecule has 0 radical (unpaired) electrons. The third-order valence-corrected chi connectivity index (χ3v) is 6.39. The van der Waals surface area contributed by atoms with E-state index in [1.807, 2.05) is 41.8 Å². The molecule has 2 heterocycles. The molecule has 0 atom stereocenters. The normalized spacial score (nSPS) is 14.2. The molecule has 7 heteroatoms. The average molecular weight is 463 g/mol. The number of carbonyl (C=O) groups excluding carboxylic acids is 2. The molecule has 0 bridgehead atoms. The van der Waals surface area contributed by atoms with Crippen molar-refractivity contribution >= 4 is 40.1 Å². The van der Waals surface area contributed by atoms with Crippen LogP contribution in [0, 0.1) is 0 Å². The zero-order valence-electron chi connectivity index (χ0n) is 19.3. The number of hydrogen-bond acceptors (Lipinski definition) is 6. The van der Waals surface area contributed by atoms with Crippen LogP contribution in [-0.2, 0) is 15.0 Å². The van der Waals surface area contributed by atoms with Gasteiger partial charge in [-0.2, -0.15) is 0 Å². The zero-order chi connectivity index (χ0) is 23.8. The summed E-state index contributed by atoms with van der Waals surface area (Å²) in [5, 5.41) is 5.09. The van der Waals surface area contributed by atoms with Gasteiger partial charge >= 0.3 is 0 Å². The number of imide groups is 1. The van der Waals surface area contributed by atoms with Gasteiger partial charge < -0.3 is 14.8 Å². The summed E-state index contributed by atoms with van der Waals surface area (Å²) in [6, 6.07) is 16.6. The number of anilines is 2. The molecule has 0 fully saturated rings. The summed E-state index contributed by atoms with van der Waals surface area (Å²) in [5.41, 5.74) is 2.82. The summed E-state index contributed by atoms with van der Waals surface area (Å²) in [4.78, 5) is 29.1. The minimum atomic E-state index is -0.449. The highest BCUT2D eigenvalue weighted by atomic mass is 32.1. The summed E-state index contributed by atoms with van der Waals surface area (Å²) in [6.45, 7) is 6.43. The molecule has 0 aliphatic carbocycles. The van der Waals surface area contributed by atoms with Crippen molar-refractivity contribution in [3.05, 3.63) is 76.1 Å². The molecule has 2 amide bonds. The van der Waals surface area contributed by atoms with Gasteiger partial charge in [0.25, 0.3) is 11.8 Å². The molecule has 170 valence electrons. The Balaban J connectivity index is 1.78. The maximum Gasteiger partial charge on any atom is 0.282 e. The van der Waals surface area contributed by atoms with Crippen molar-refractivity contribution in [3.63, 3.8) is 0 Å². The highest BCUT2D eigenvalue weighted by Crippen LogP contribution is 2.40. The van der Waals surface area contributed by atoms with E-state index in [4.69, 9.17) is 9.47 Å². The highest BCUT2D eigenvalue weighted by Gasteiger charge is 2.42. The van der Waals surface area contributed by atoms with Gasteiger partial charge in [0.05, 0.1) is 25.5 Å². The van der Waals surface area contributed by atoms with Crippen LogP contribution in [0.5, 0.6) is 11.5 Å². The van der Waals surface area contributed by atoms with Crippen LogP contribution in [0.25, 0.3) is 5.57 Å². The van der Waals surface area contributed by atoms with Crippen molar-refractivity contribution in [1.29, 1.82) is 0 Å². The van der Waals surface area contributed by atoms with Gasteiger partial charge in [-0.1, -0.05) is 39.0 Å². The number of ether oxygens (including phenoxy) is 2. The summed E-state index contributed by atoms with van der Waals surface area (Å²) in [7, 11) is 3.03. The molecule has 1 aromatic heterocycles. The Morgan fingerprint density at radius 2 is 1.64 bits per heavy atom. The first-order valence-electron chi connectivity index (χ1n) is 10.5. The maximum atomic E-state index is 13.6. The van der Waals surface area contributed by atoms with Crippen LogP contribution in [-0.4, -0.2) is 26.0 Å². The van der Waals surface area contributed by atoms with E-state index in [1.54, 1.807) is 18.2 Å². The van der Waals surface area contributed by atoms with Crippen LogP contribution in [0.2, 0.25) is 0 Å². The maximum absolute atomic E-state index is 13.6. The van der Waals surface area contributed by atoms with Gasteiger partial charge in [0.15, 0.2) is 0 Å². The molecule has 0 unspecified atom stereocenters. The molecule has 33 heavy (non-hydrogen) atoms. The van der Waals surface area contributed by atoms with E-state index < -0.39 is 11.8 Å². The molecule has 1 aliphatic heterocycles. The van der Waals surface area contributed by atoms with Gasteiger partial charge in [0.2, 0.25) is 0 Å². The van der Waals surface area contributed by atoms with E-state index >= 15 is 0 Å². The lowest BCUT2D eigenvalue weighted by molar-refractivity contribution is -0.120. The van der Waals surface area contributed by atoms with Gasteiger partial charge in [-0.15, -0.1) is 11.3 Å². The van der Waals surface area contributed by atoms with E-state index in [9.17, 15) is 9.59 Å². The smallest absolute Gasteiger partial charge is 0.282 e. The number of nitrogens with zero attached hydrogens (tertiary/aromatic N) is 1. The summed E-state index contributed by atoms with van der Waals surface area (Å²) >= 11 is 1.41. The fourth-order valence-electron chi connectivity index (χ4n) is 3.68. The van der Waals surface area contributed by atoms with Crippen molar-refractivity contribution in [2.75, 3.05) is 24.4 Å². The molecule has 2 aromatic carbocycles. The lowest BCUT2D eigenvalue weighted by Crippen LogP contribution is -2.32. The van der Waals surface area contributed by atoms with Crippen LogP contribution >= 0.6 is 11.3 Å². The van der Waals surface area contributed by atoms with Crippen molar-refractivity contribution in [1.82, 2.24) is 0 Å². The minimum absolute atomic E-state index is 0.0127. The third-order valence-electron chi connectivity index (χ3n) is 5.50. The van der Waals surface area contributed by atoms with Crippen molar-refractivity contribution < 1.29 is 19.1 Å². The average Bonchev–Trinajstić information content (AvgIpc) is 3.40. The number of benzene rings is 2. The molecule has 4 rings (SSSR count). The number of methoxy groups -OCH3 is 2. The van der Waals surface area contributed by atoms with Crippen molar-refractivity contribution in [2.45, 2.75) is 26.2 Å². The first-order chi connectivity index (χ1) is 15.7. The van der Waals surface area contributed by atoms with Gasteiger partial charge in [-0.25, -0.2) is 4.90 Å². The summed E-state index contributed by atoms with van der Waals surface area (Å²) in [5.74, 6) is 0.0553. The predicted molar refractivity (Wildman–Crippen MR) is 132 cm³/mol. The lowest BCUT2D eigenvalue weighted by atomic mass is 9.87. The number of carbonyl (C=O) groups is 2. The van der Waals surface area contributed by atoms with Crippen LogP contribution in [0.4, 0.5) is 11.4 Å². The molecule has 3 aromatic rings. The lowest BCUT2D eigenvalue weighted by Gasteiger charge is -2.20. The van der Waals surface area contributed by atoms with Crippen molar-refractivity contribution in [3.8, 4) is 11.5 Å². The molecular formula is C26H26N2O4S. The molecule has 0 saturated heterocycles. The monoisotopic (exact) mass is 462 g/mol.